The van der Waals surface area contributed by atoms with Gasteiger partial charge in [0.25, 0.3) is 0 Å². The highest BCUT2D eigenvalue weighted by Gasteiger charge is 2.28. The smallest absolute Gasteiger partial charge is 0.223 e. The van der Waals surface area contributed by atoms with Crippen molar-refractivity contribution in [3.8, 4) is 5.75 Å². The van der Waals surface area contributed by atoms with Crippen molar-refractivity contribution in [2.75, 3.05) is 33.8 Å². The number of ketones is 1. The Labute approximate surface area is 164 Å². The fourth-order valence-corrected chi connectivity index (χ4v) is 3.46. The first kappa shape index (κ1) is 20.0. The van der Waals surface area contributed by atoms with Gasteiger partial charge in [0, 0.05) is 38.0 Å². The molecule has 148 valence electrons. The average Bonchev–Trinajstić information content (AvgIpc) is 2.73. The predicted octanol–water partition coefficient (Wildman–Crippen LogP) is 3.31. The number of piperazine rings is 1. The second kappa shape index (κ2) is 8.97. The number of methoxy groups -OCH3 is 1. The van der Waals surface area contributed by atoms with E-state index in [0.717, 1.165) is 12.1 Å². The zero-order chi connectivity index (χ0) is 20.1. The average molecular weight is 384 g/mol. The number of carbonyl (C=O) groups excluding carboxylic acids is 2. The first-order valence-corrected chi connectivity index (χ1v) is 9.38. The van der Waals surface area contributed by atoms with Crippen LogP contribution in [0.2, 0.25) is 0 Å². The topological polar surface area (TPSA) is 49.9 Å². The molecule has 0 saturated carbocycles. The summed E-state index contributed by atoms with van der Waals surface area (Å²) in [6.45, 7) is 1.90. The van der Waals surface area contributed by atoms with Crippen LogP contribution in [0.25, 0.3) is 0 Å². The van der Waals surface area contributed by atoms with Crippen LogP contribution in [0.15, 0.2) is 48.5 Å². The summed E-state index contributed by atoms with van der Waals surface area (Å²) in [4.78, 5) is 29.0. The van der Waals surface area contributed by atoms with Gasteiger partial charge in [-0.3, -0.25) is 14.5 Å². The monoisotopic (exact) mass is 384 g/mol. The molecule has 0 aromatic heterocycles. The lowest BCUT2D eigenvalue weighted by Crippen LogP contribution is -2.49. The molecule has 28 heavy (non-hydrogen) atoms. The molecule has 0 radical (unpaired) electrons. The highest BCUT2D eigenvalue weighted by Crippen LogP contribution is 2.25. The van der Waals surface area contributed by atoms with Gasteiger partial charge in [0.15, 0.2) is 5.78 Å². The van der Waals surface area contributed by atoms with Gasteiger partial charge in [-0.05, 0) is 36.9 Å². The highest BCUT2D eigenvalue weighted by atomic mass is 19.1. The Morgan fingerprint density at radius 1 is 1.11 bits per heavy atom. The SMILES string of the molecule is COc1cccc(C(=O)CCC(=O)N2CCN(C)C(c3ccc(F)cc3)C2)c1. The Hall–Kier alpha value is -2.73. The van der Waals surface area contributed by atoms with E-state index in [1.54, 1.807) is 48.4 Å². The molecule has 2 aromatic rings. The zero-order valence-corrected chi connectivity index (χ0v) is 16.2. The fraction of sp³-hybridized carbons (Fsp3) is 0.364. The molecule has 0 spiro atoms. The summed E-state index contributed by atoms with van der Waals surface area (Å²) >= 11 is 0. The van der Waals surface area contributed by atoms with Gasteiger partial charge in [-0.1, -0.05) is 24.3 Å². The van der Waals surface area contributed by atoms with Crippen LogP contribution in [0.1, 0.15) is 34.8 Å². The molecule has 1 aliphatic rings. The summed E-state index contributed by atoms with van der Waals surface area (Å²) in [5.74, 6) is 0.248. The van der Waals surface area contributed by atoms with E-state index >= 15 is 0 Å². The second-order valence-corrected chi connectivity index (χ2v) is 7.04. The molecule has 5 nitrogen and oxygen atoms in total. The lowest BCUT2D eigenvalue weighted by molar-refractivity contribution is -0.134. The maximum Gasteiger partial charge on any atom is 0.223 e. The number of amides is 1. The van der Waals surface area contributed by atoms with E-state index in [2.05, 4.69) is 4.90 Å². The van der Waals surface area contributed by atoms with E-state index in [0.29, 0.717) is 24.4 Å². The maximum atomic E-state index is 13.2. The summed E-state index contributed by atoms with van der Waals surface area (Å²) in [5.41, 5.74) is 1.53. The van der Waals surface area contributed by atoms with Crippen LogP contribution in [0.4, 0.5) is 4.39 Å². The standard InChI is InChI=1S/C22H25FN2O3/c1-24-12-13-25(15-20(24)16-6-8-18(23)9-7-16)22(27)11-10-21(26)17-4-3-5-19(14-17)28-2/h3-9,14,20H,10-13,15H2,1-2H3. The molecule has 1 fully saturated rings. The predicted molar refractivity (Wildman–Crippen MR) is 105 cm³/mol. The van der Waals surface area contributed by atoms with E-state index in [4.69, 9.17) is 4.74 Å². The first-order valence-electron chi connectivity index (χ1n) is 9.38. The molecule has 1 heterocycles. The van der Waals surface area contributed by atoms with Crippen molar-refractivity contribution in [3.63, 3.8) is 0 Å². The lowest BCUT2D eigenvalue weighted by Gasteiger charge is -2.39. The third kappa shape index (κ3) is 4.75. The third-order valence-electron chi connectivity index (χ3n) is 5.21. The molecule has 6 heteroatoms. The molecular formula is C22H25FN2O3. The summed E-state index contributed by atoms with van der Waals surface area (Å²) in [7, 11) is 3.56. The van der Waals surface area contributed by atoms with Gasteiger partial charge in [-0.15, -0.1) is 0 Å². The molecule has 1 amide bonds. The van der Waals surface area contributed by atoms with Crippen LogP contribution in [0, 0.1) is 5.82 Å². The number of hydrogen-bond acceptors (Lipinski definition) is 4. The molecule has 1 atom stereocenters. The van der Waals surface area contributed by atoms with E-state index < -0.39 is 0 Å². The molecule has 0 N–H and O–H groups in total. The van der Waals surface area contributed by atoms with Crippen LogP contribution < -0.4 is 4.74 Å². The van der Waals surface area contributed by atoms with Crippen molar-refractivity contribution in [3.05, 3.63) is 65.5 Å². The van der Waals surface area contributed by atoms with Crippen molar-refractivity contribution in [1.82, 2.24) is 9.80 Å². The van der Waals surface area contributed by atoms with Crippen LogP contribution in [-0.2, 0) is 4.79 Å². The minimum Gasteiger partial charge on any atom is -0.497 e. The Balaban J connectivity index is 1.59. The molecule has 1 unspecified atom stereocenters. The van der Waals surface area contributed by atoms with Crippen molar-refractivity contribution in [2.45, 2.75) is 18.9 Å². The minimum absolute atomic E-state index is 0.0207. The van der Waals surface area contributed by atoms with Crippen LogP contribution in [-0.4, -0.2) is 55.3 Å². The highest BCUT2D eigenvalue weighted by molar-refractivity contribution is 5.98. The number of carbonyl (C=O) groups is 2. The Morgan fingerprint density at radius 2 is 1.86 bits per heavy atom. The molecule has 0 bridgehead atoms. The van der Waals surface area contributed by atoms with Crippen molar-refractivity contribution in [2.24, 2.45) is 0 Å². The summed E-state index contributed by atoms with van der Waals surface area (Å²) in [5, 5.41) is 0. The van der Waals surface area contributed by atoms with Gasteiger partial charge in [0.2, 0.25) is 5.91 Å². The van der Waals surface area contributed by atoms with E-state index in [9.17, 15) is 14.0 Å². The number of likely N-dealkylation sites (N-methyl/N-ethyl adjacent to an activating group) is 1. The quantitative estimate of drug-likeness (QED) is 0.717. The van der Waals surface area contributed by atoms with Crippen molar-refractivity contribution >= 4 is 11.7 Å². The third-order valence-corrected chi connectivity index (χ3v) is 5.21. The summed E-state index contributed by atoms with van der Waals surface area (Å²) in [6, 6.07) is 13.4. The molecular weight excluding hydrogens is 359 g/mol. The number of Topliss-reactive ketones (excluding diaryl/α,β-unsaturated/α-hetero) is 1. The van der Waals surface area contributed by atoms with Crippen LogP contribution in [0.5, 0.6) is 5.75 Å². The Morgan fingerprint density at radius 3 is 2.57 bits per heavy atom. The molecule has 1 aliphatic heterocycles. The lowest BCUT2D eigenvalue weighted by atomic mass is 10.0. The number of ether oxygens (including phenoxy) is 1. The second-order valence-electron chi connectivity index (χ2n) is 7.04. The van der Waals surface area contributed by atoms with Gasteiger partial charge < -0.3 is 9.64 Å². The Bertz CT molecular complexity index is 838. The van der Waals surface area contributed by atoms with Gasteiger partial charge >= 0.3 is 0 Å². The van der Waals surface area contributed by atoms with E-state index in [-0.39, 0.29) is 36.4 Å². The summed E-state index contributed by atoms with van der Waals surface area (Å²) < 4.78 is 18.3. The van der Waals surface area contributed by atoms with Crippen molar-refractivity contribution < 1.29 is 18.7 Å². The first-order chi connectivity index (χ1) is 13.5. The zero-order valence-electron chi connectivity index (χ0n) is 16.2. The number of hydrogen-bond donors (Lipinski definition) is 0. The molecule has 1 saturated heterocycles. The van der Waals surface area contributed by atoms with Gasteiger partial charge in [0.05, 0.1) is 13.2 Å². The largest absolute Gasteiger partial charge is 0.497 e. The molecule has 2 aromatic carbocycles. The maximum absolute atomic E-state index is 13.2. The van der Waals surface area contributed by atoms with Gasteiger partial charge in [-0.25, -0.2) is 4.39 Å². The van der Waals surface area contributed by atoms with Gasteiger partial charge in [-0.2, -0.15) is 0 Å². The molecule has 3 rings (SSSR count). The Kier molecular flexibility index (Phi) is 6.41. The number of rotatable bonds is 6. The molecule has 0 aliphatic carbocycles. The minimum atomic E-state index is -0.272. The fourth-order valence-electron chi connectivity index (χ4n) is 3.46. The number of benzene rings is 2. The van der Waals surface area contributed by atoms with E-state index in [1.165, 1.54) is 12.1 Å². The number of halogens is 1. The summed E-state index contributed by atoms with van der Waals surface area (Å²) in [6.07, 6.45) is 0.343. The van der Waals surface area contributed by atoms with Crippen LogP contribution >= 0.6 is 0 Å². The number of nitrogens with zero attached hydrogens (tertiary/aromatic N) is 2. The van der Waals surface area contributed by atoms with Crippen LogP contribution in [0.3, 0.4) is 0 Å². The van der Waals surface area contributed by atoms with Crippen molar-refractivity contribution in [1.29, 1.82) is 0 Å². The van der Waals surface area contributed by atoms with Gasteiger partial charge in [0.1, 0.15) is 11.6 Å². The van der Waals surface area contributed by atoms with E-state index in [1.807, 2.05) is 7.05 Å². The normalized spacial score (nSPS) is 17.4.